The summed E-state index contributed by atoms with van der Waals surface area (Å²) in [5, 5.41) is 0. The van der Waals surface area contributed by atoms with Crippen LogP contribution >= 0.6 is 12.6 Å². The summed E-state index contributed by atoms with van der Waals surface area (Å²) in [6, 6.07) is 0. The predicted octanol–water partition coefficient (Wildman–Crippen LogP) is 4.40. The summed E-state index contributed by atoms with van der Waals surface area (Å²) >= 11 is 4.18. The van der Waals surface area contributed by atoms with E-state index < -0.39 is 0 Å². The second kappa shape index (κ2) is 16.8. The molecule has 120 valence electrons. The second-order valence-electron chi connectivity index (χ2n) is 5.07. The molecule has 0 unspecified atom stereocenters. The van der Waals surface area contributed by atoms with Gasteiger partial charge in [0.2, 0.25) is 0 Å². The molecule has 0 rings (SSSR count). The fourth-order valence-electron chi connectivity index (χ4n) is 1.97. The molecule has 0 aromatic carbocycles. The van der Waals surface area contributed by atoms with Crippen LogP contribution in [0.4, 0.5) is 0 Å². The van der Waals surface area contributed by atoms with E-state index in [0.29, 0.717) is 13.0 Å². The largest absolute Gasteiger partial charge is 0.466 e. The molecule has 0 radical (unpaired) electrons. The van der Waals surface area contributed by atoms with Gasteiger partial charge < -0.3 is 9.47 Å². The van der Waals surface area contributed by atoms with Gasteiger partial charge in [-0.3, -0.25) is 4.79 Å². The van der Waals surface area contributed by atoms with Gasteiger partial charge in [0.25, 0.3) is 0 Å². The van der Waals surface area contributed by atoms with Crippen molar-refractivity contribution < 1.29 is 14.3 Å². The van der Waals surface area contributed by atoms with E-state index in [4.69, 9.17) is 9.47 Å². The second-order valence-corrected chi connectivity index (χ2v) is 5.52. The number of carbonyl (C=O) groups is 1. The van der Waals surface area contributed by atoms with E-state index in [1.54, 1.807) is 0 Å². The van der Waals surface area contributed by atoms with E-state index >= 15 is 0 Å². The normalized spacial score (nSPS) is 10.7. The molecule has 0 saturated heterocycles. The van der Waals surface area contributed by atoms with E-state index in [0.717, 1.165) is 57.5 Å². The SMILES string of the molecule is CCOCCCCCCOC(=O)CCCCCCCS. The third-order valence-corrected chi connectivity index (χ3v) is 3.51. The lowest BCUT2D eigenvalue weighted by atomic mass is 10.1. The molecule has 0 heterocycles. The highest BCUT2D eigenvalue weighted by Gasteiger charge is 2.02. The van der Waals surface area contributed by atoms with Crippen molar-refractivity contribution in [3.8, 4) is 0 Å². The Morgan fingerprint density at radius 3 is 2.15 bits per heavy atom. The number of hydrogen-bond acceptors (Lipinski definition) is 4. The van der Waals surface area contributed by atoms with E-state index in [1.807, 2.05) is 6.92 Å². The van der Waals surface area contributed by atoms with Crippen molar-refractivity contribution in [3.05, 3.63) is 0 Å². The van der Waals surface area contributed by atoms with Crippen molar-refractivity contribution in [2.45, 2.75) is 71.1 Å². The third-order valence-electron chi connectivity index (χ3n) is 3.19. The Balaban J connectivity index is 3.12. The zero-order chi connectivity index (χ0) is 14.9. The Morgan fingerprint density at radius 2 is 1.45 bits per heavy atom. The molecule has 0 saturated carbocycles. The monoisotopic (exact) mass is 304 g/mol. The number of unbranched alkanes of at least 4 members (excludes halogenated alkanes) is 7. The Labute approximate surface area is 130 Å². The lowest BCUT2D eigenvalue weighted by molar-refractivity contribution is -0.143. The summed E-state index contributed by atoms with van der Waals surface area (Å²) in [6.07, 6.45) is 10.6. The number of hydrogen-bond donors (Lipinski definition) is 1. The van der Waals surface area contributed by atoms with Crippen LogP contribution in [0.2, 0.25) is 0 Å². The maximum Gasteiger partial charge on any atom is 0.305 e. The van der Waals surface area contributed by atoms with E-state index in [1.165, 1.54) is 19.3 Å². The minimum absolute atomic E-state index is 0.0338. The molecule has 0 atom stereocenters. The Kier molecular flexibility index (Phi) is 16.6. The topological polar surface area (TPSA) is 35.5 Å². The van der Waals surface area contributed by atoms with Crippen LogP contribution in [0.25, 0.3) is 0 Å². The first-order valence-corrected chi connectivity index (χ1v) is 8.78. The van der Waals surface area contributed by atoms with Crippen molar-refractivity contribution >= 4 is 18.6 Å². The lowest BCUT2D eigenvalue weighted by Gasteiger charge is -2.05. The van der Waals surface area contributed by atoms with E-state index in [9.17, 15) is 4.79 Å². The summed E-state index contributed by atoms with van der Waals surface area (Å²) in [6.45, 7) is 4.24. The van der Waals surface area contributed by atoms with Gasteiger partial charge in [-0.05, 0) is 44.8 Å². The highest BCUT2D eigenvalue weighted by Crippen LogP contribution is 2.07. The lowest BCUT2D eigenvalue weighted by Crippen LogP contribution is -2.05. The Hall–Kier alpha value is -0.220. The molecular weight excluding hydrogens is 272 g/mol. The van der Waals surface area contributed by atoms with Gasteiger partial charge in [-0.25, -0.2) is 0 Å². The molecule has 0 amide bonds. The summed E-state index contributed by atoms with van der Waals surface area (Å²) in [5.41, 5.74) is 0. The van der Waals surface area contributed by atoms with Crippen LogP contribution in [0.3, 0.4) is 0 Å². The van der Waals surface area contributed by atoms with Gasteiger partial charge in [-0.1, -0.05) is 25.7 Å². The van der Waals surface area contributed by atoms with Crippen LogP contribution in [-0.2, 0) is 14.3 Å². The molecule has 0 aliphatic carbocycles. The van der Waals surface area contributed by atoms with Gasteiger partial charge in [-0.15, -0.1) is 0 Å². The highest BCUT2D eigenvalue weighted by molar-refractivity contribution is 7.80. The molecular formula is C16H32O3S. The summed E-state index contributed by atoms with van der Waals surface area (Å²) in [4.78, 5) is 11.5. The third kappa shape index (κ3) is 15.8. The summed E-state index contributed by atoms with van der Waals surface area (Å²) in [5.74, 6) is 0.931. The van der Waals surface area contributed by atoms with Gasteiger partial charge in [-0.2, -0.15) is 12.6 Å². The van der Waals surface area contributed by atoms with Crippen molar-refractivity contribution in [2.75, 3.05) is 25.6 Å². The molecule has 20 heavy (non-hydrogen) atoms. The molecule has 0 bridgehead atoms. The van der Waals surface area contributed by atoms with E-state index in [-0.39, 0.29) is 5.97 Å². The van der Waals surface area contributed by atoms with Crippen molar-refractivity contribution in [2.24, 2.45) is 0 Å². The molecule has 3 nitrogen and oxygen atoms in total. The molecule has 0 fully saturated rings. The first kappa shape index (κ1) is 19.8. The molecule has 0 aromatic rings. The molecule has 0 aliphatic heterocycles. The smallest absolute Gasteiger partial charge is 0.305 e. The minimum Gasteiger partial charge on any atom is -0.466 e. The Morgan fingerprint density at radius 1 is 0.850 bits per heavy atom. The average Bonchev–Trinajstić information content (AvgIpc) is 2.45. The maximum atomic E-state index is 11.5. The zero-order valence-electron chi connectivity index (χ0n) is 13.1. The van der Waals surface area contributed by atoms with Crippen LogP contribution in [0.15, 0.2) is 0 Å². The fraction of sp³-hybridized carbons (Fsp3) is 0.938. The average molecular weight is 304 g/mol. The van der Waals surface area contributed by atoms with Crippen LogP contribution in [-0.4, -0.2) is 31.5 Å². The van der Waals surface area contributed by atoms with E-state index in [2.05, 4.69) is 12.6 Å². The molecule has 0 N–H and O–H groups in total. The number of thiol groups is 1. The first-order valence-electron chi connectivity index (χ1n) is 8.15. The van der Waals surface area contributed by atoms with Crippen molar-refractivity contribution in [3.63, 3.8) is 0 Å². The number of ether oxygens (including phenoxy) is 2. The van der Waals surface area contributed by atoms with Gasteiger partial charge in [0.05, 0.1) is 6.61 Å². The molecule has 4 heteroatoms. The number of carbonyl (C=O) groups excluding carboxylic acids is 1. The van der Waals surface area contributed by atoms with Crippen LogP contribution in [0.5, 0.6) is 0 Å². The fourth-order valence-corrected chi connectivity index (χ4v) is 2.20. The summed E-state index contributed by atoms with van der Waals surface area (Å²) in [7, 11) is 0. The van der Waals surface area contributed by atoms with Crippen molar-refractivity contribution in [1.82, 2.24) is 0 Å². The van der Waals surface area contributed by atoms with Crippen LogP contribution < -0.4 is 0 Å². The molecule has 0 aliphatic rings. The van der Waals surface area contributed by atoms with Crippen LogP contribution in [0.1, 0.15) is 71.1 Å². The Bertz CT molecular complexity index is 210. The number of esters is 1. The zero-order valence-corrected chi connectivity index (χ0v) is 14.0. The van der Waals surface area contributed by atoms with Crippen molar-refractivity contribution in [1.29, 1.82) is 0 Å². The highest BCUT2D eigenvalue weighted by atomic mass is 32.1. The van der Waals surface area contributed by atoms with Gasteiger partial charge >= 0.3 is 5.97 Å². The van der Waals surface area contributed by atoms with Crippen LogP contribution in [0, 0.1) is 0 Å². The predicted molar refractivity (Wildman–Crippen MR) is 87.5 cm³/mol. The standard InChI is InChI=1S/C16H32O3S/c1-2-18-13-9-5-6-10-14-19-16(17)12-8-4-3-7-11-15-20/h20H,2-15H2,1H3. The minimum atomic E-state index is -0.0338. The quantitative estimate of drug-likeness (QED) is 0.277. The van der Waals surface area contributed by atoms with Gasteiger partial charge in [0.1, 0.15) is 0 Å². The maximum absolute atomic E-state index is 11.5. The molecule has 0 spiro atoms. The molecule has 0 aromatic heterocycles. The van der Waals surface area contributed by atoms with Gasteiger partial charge in [0.15, 0.2) is 0 Å². The van der Waals surface area contributed by atoms with Gasteiger partial charge in [0, 0.05) is 19.6 Å². The first-order chi connectivity index (χ1) is 9.81. The number of rotatable bonds is 15. The summed E-state index contributed by atoms with van der Waals surface area (Å²) < 4.78 is 10.5.